The van der Waals surface area contributed by atoms with Crippen molar-refractivity contribution in [1.29, 1.82) is 0 Å². The van der Waals surface area contributed by atoms with Gasteiger partial charge in [-0.05, 0) is 12.1 Å². The Balaban J connectivity index is 0.000000291. The third-order valence-electron chi connectivity index (χ3n) is 0.756. The minimum atomic E-state index is 0.322. The molecule has 0 spiro atoms. The van der Waals surface area contributed by atoms with Crippen molar-refractivity contribution < 1.29 is 5.11 Å². The maximum Gasteiger partial charge on any atom is 0.115 e. The van der Waals surface area contributed by atoms with Crippen LogP contribution in [0.4, 0.5) is 0 Å². The lowest BCUT2D eigenvalue weighted by Gasteiger charge is -1.82. The zero-order valence-corrected chi connectivity index (χ0v) is 5.54. The highest BCUT2D eigenvalue weighted by atomic mass is 16.3. The Kier molecular flexibility index (Phi) is 4.60. The van der Waals surface area contributed by atoms with Crippen molar-refractivity contribution in [1.82, 2.24) is 0 Å². The first-order valence-electron chi connectivity index (χ1n) is 2.84. The predicted molar refractivity (Wildman–Crippen MR) is 39.1 cm³/mol. The largest absolute Gasteiger partial charge is 0.508 e. The molecule has 0 aliphatic carbocycles. The quantitative estimate of drug-likeness (QED) is 0.561. The first-order chi connectivity index (χ1) is 4.39. The number of aromatic hydroxyl groups is 1. The van der Waals surface area contributed by atoms with Gasteiger partial charge in [0.25, 0.3) is 0 Å². The van der Waals surface area contributed by atoms with Crippen molar-refractivity contribution >= 4 is 0 Å². The van der Waals surface area contributed by atoms with E-state index in [0.29, 0.717) is 5.75 Å². The van der Waals surface area contributed by atoms with Crippen LogP contribution in [0.25, 0.3) is 0 Å². The van der Waals surface area contributed by atoms with Gasteiger partial charge in [0.15, 0.2) is 0 Å². The molecule has 0 aromatic heterocycles. The van der Waals surface area contributed by atoms with Crippen molar-refractivity contribution in [2.24, 2.45) is 0 Å². The van der Waals surface area contributed by atoms with Gasteiger partial charge >= 0.3 is 0 Å². The van der Waals surface area contributed by atoms with E-state index in [-0.39, 0.29) is 0 Å². The third-order valence-corrected chi connectivity index (χ3v) is 0.756. The van der Waals surface area contributed by atoms with Gasteiger partial charge in [0, 0.05) is 0 Å². The molecule has 0 amide bonds. The van der Waals surface area contributed by atoms with Gasteiger partial charge in [-0.2, -0.15) is 0 Å². The molecule has 0 aliphatic rings. The number of para-hydroxylation sites is 1. The van der Waals surface area contributed by atoms with E-state index < -0.39 is 0 Å². The fourth-order valence-corrected chi connectivity index (χ4v) is 0.428. The second-order valence-electron chi connectivity index (χ2n) is 1.34. The molecule has 0 saturated heterocycles. The summed E-state index contributed by atoms with van der Waals surface area (Å²) >= 11 is 0. The highest BCUT2D eigenvalue weighted by Crippen LogP contribution is 2.02. The topological polar surface area (TPSA) is 20.2 Å². The summed E-state index contributed by atoms with van der Waals surface area (Å²) in [6.07, 6.45) is 0. The second-order valence-corrected chi connectivity index (χ2v) is 1.34. The molecule has 0 heterocycles. The Morgan fingerprint density at radius 1 is 1.11 bits per heavy atom. The molecule has 0 atom stereocenters. The molecule has 1 nitrogen and oxygen atoms in total. The molecule has 0 saturated carbocycles. The highest BCUT2D eigenvalue weighted by molar-refractivity contribution is 5.18. The van der Waals surface area contributed by atoms with Crippen LogP contribution < -0.4 is 0 Å². The van der Waals surface area contributed by atoms with Crippen LogP contribution in [0.1, 0.15) is 6.92 Å². The number of phenols is 1. The van der Waals surface area contributed by atoms with Crippen LogP contribution in [0.15, 0.2) is 30.3 Å². The number of hydrogen-bond donors (Lipinski definition) is 1. The van der Waals surface area contributed by atoms with Gasteiger partial charge in [-0.25, -0.2) is 0 Å². The van der Waals surface area contributed by atoms with Crippen LogP contribution in [0, 0.1) is 6.92 Å². The Morgan fingerprint density at radius 2 is 1.56 bits per heavy atom. The van der Waals surface area contributed by atoms with Crippen LogP contribution >= 0.6 is 0 Å². The molecule has 1 radical (unpaired) electrons. The van der Waals surface area contributed by atoms with Gasteiger partial charge in [-0.1, -0.05) is 32.0 Å². The fraction of sp³-hybridized carbons (Fsp3) is 0.125. The van der Waals surface area contributed by atoms with Crippen molar-refractivity contribution in [3.8, 4) is 5.75 Å². The zero-order valence-electron chi connectivity index (χ0n) is 5.54. The summed E-state index contributed by atoms with van der Waals surface area (Å²) in [5.74, 6) is 0.322. The summed E-state index contributed by atoms with van der Waals surface area (Å²) in [6, 6.07) is 8.71. The monoisotopic (exact) mass is 123 g/mol. The molecular weight excluding hydrogens is 112 g/mol. The van der Waals surface area contributed by atoms with E-state index in [1.54, 1.807) is 31.2 Å². The van der Waals surface area contributed by atoms with Gasteiger partial charge in [-0.3, -0.25) is 0 Å². The fourth-order valence-electron chi connectivity index (χ4n) is 0.428. The summed E-state index contributed by atoms with van der Waals surface area (Å²) < 4.78 is 0. The maximum absolute atomic E-state index is 8.63. The second kappa shape index (κ2) is 5.16. The molecular formula is C8H11O. The first-order valence-corrected chi connectivity index (χ1v) is 2.84. The molecule has 9 heavy (non-hydrogen) atoms. The van der Waals surface area contributed by atoms with Gasteiger partial charge in [0.2, 0.25) is 0 Å². The van der Waals surface area contributed by atoms with E-state index >= 15 is 0 Å². The van der Waals surface area contributed by atoms with E-state index in [9.17, 15) is 0 Å². The van der Waals surface area contributed by atoms with Crippen molar-refractivity contribution in [2.45, 2.75) is 6.92 Å². The summed E-state index contributed by atoms with van der Waals surface area (Å²) in [4.78, 5) is 0. The Hall–Kier alpha value is -0.980. The minimum absolute atomic E-state index is 0.322. The average Bonchev–Trinajstić information content (AvgIpc) is 1.94. The number of phenolic OH excluding ortho intramolecular Hbond substituents is 1. The molecule has 1 N–H and O–H groups in total. The predicted octanol–water partition coefficient (Wildman–Crippen LogP) is 2.23. The lowest BCUT2D eigenvalue weighted by atomic mass is 10.3. The standard InChI is InChI=1S/C6H6O.C2H5/c7-6-4-2-1-3-5-6;1-2/h1-5,7H;1H2,2H3. The zero-order chi connectivity index (χ0) is 7.11. The lowest BCUT2D eigenvalue weighted by Crippen LogP contribution is -1.56. The van der Waals surface area contributed by atoms with Crippen LogP contribution in [0.5, 0.6) is 5.75 Å². The maximum atomic E-state index is 8.63. The molecule has 49 valence electrons. The number of rotatable bonds is 0. The van der Waals surface area contributed by atoms with Crippen molar-refractivity contribution in [3.05, 3.63) is 37.3 Å². The first kappa shape index (κ1) is 8.02. The summed E-state index contributed by atoms with van der Waals surface area (Å²) in [6.45, 7) is 5.00. The van der Waals surface area contributed by atoms with E-state index in [4.69, 9.17) is 5.11 Å². The van der Waals surface area contributed by atoms with Crippen LogP contribution in [-0.2, 0) is 0 Å². The third kappa shape index (κ3) is 3.59. The SMILES string of the molecule is Oc1ccccc1.[CH2]C. The van der Waals surface area contributed by atoms with E-state index in [1.165, 1.54) is 0 Å². The number of hydrogen-bond acceptors (Lipinski definition) is 1. The van der Waals surface area contributed by atoms with Gasteiger partial charge in [-0.15, -0.1) is 0 Å². The van der Waals surface area contributed by atoms with Gasteiger partial charge in [0.05, 0.1) is 0 Å². The Labute approximate surface area is 56.0 Å². The lowest BCUT2D eigenvalue weighted by molar-refractivity contribution is 0.475. The Morgan fingerprint density at radius 3 is 1.78 bits per heavy atom. The molecule has 0 fully saturated rings. The Bertz CT molecular complexity index is 134. The molecule has 1 aromatic carbocycles. The van der Waals surface area contributed by atoms with Crippen molar-refractivity contribution in [3.63, 3.8) is 0 Å². The van der Waals surface area contributed by atoms with Crippen LogP contribution in [-0.4, -0.2) is 5.11 Å². The summed E-state index contributed by atoms with van der Waals surface area (Å²) in [7, 11) is 0. The van der Waals surface area contributed by atoms with Gasteiger partial charge < -0.3 is 5.11 Å². The molecule has 0 unspecified atom stereocenters. The number of benzene rings is 1. The molecule has 1 rings (SSSR count). The average molecular weight is 123 g/mol. The summed E-state index contributed by atoms with van der Waals surface area (Å²) in [5.41, 5.74) is 0. The smallest absolute Gasteiger partial charge is 0.115 e. The summed E-state index contributed by atoms with van der Waals surface area (Å²) in [5, 5.41) is 8.63. The van der Waals surface area contributed by atoms with Crippen molar-refractivity contribution in [2.75, 3.05) is 0 Å². The van der Waals surface area contributed by atoms with Gasteiger partial charge in [0.1, 0.15) is 5.75 Å². The molecule has 0 aliphatic heterocycles. The minimum Gasteiger partial charge on any atom is -0.508 e. The molecule has 1 aromatic rings. The molecule has 1 heteroatoms. The van der Waals surface area contributed by atoms with Crippen LogP contribution in [0.2, 0.25) is 0 Å². The molecule has 0 bridgehead atoms. The highest BCUT2D eigenvalue weighted by Gasteiger charge is 1.74. The van der Waals surface area contributed by atoms with Crippen LogP contribution in [0.3, 0.4) is 0 Å². The van der Waals surface area contributed by atoms with E-state index in [1.807, 2.05) is 6.07 Å². The van der Waals surface area contributed by atoms with E-state index in [0.717, 1.165) is 0 Å². The normalized spacial score (nSPS) is 7.33. The van der Waals surface area contributed by atoms with E-state index in [2.05, 4.69) is 6.92 Å².